The molecular formula is C27H29N3O6S. The van der Waals surface area contributed by atoms with Gasteiger partial charge in [0.2, 0.25) is 0 Å². The van der Waals surface area contributed by atoms with E-state index in [1.54, 1.807) is 48.5 Å². The van der Waals surface area contributed by atoms with Gasteiger partial charge in [-0.2, -0.15) is 5.10 Å². The Morgan fingerprint density at radius 3 is 2.14 bits per heavy atom. The number of methoxy groups -OCH3 is 1. The first-order valence-electron chi connectivity index (χ1n) is 11.4. The van der Waals surface area contributed by atoms with Crippen LogP contribution in [0.5, 0.6) is 5.75 Å². The fraction of sp³-hybridized carbons (Fsp3) is 0.222. The van der Waals surface area contributed by atoms with E-state index in [1.165, 1.54) is 25.5 Å². The predicted molar refractivity (Wildman–Crippen MR) is 141 cm³/mol. The molecule has 0 radical (unpaired) electrons. The number of sulfonamides is 1. The molecule has 0 unspecified atom stereocenters. The Morgan fingerprint density at radius 2 is 1.54 bits per heavy atom. The summed E-state index contributed by atoms with van der Waals surface area (Å²) in [4.78, 5) is 24.0. The van der Waals surface area contributed by atoms with Crippen LogP contribution in [0.3, 0.4) is 0 Å². The quantitative estimate of drug-likeness (QED) is 0.247. The molecule has 3 aromatic rings. The Bertz CT molecular complexity index is 1360. The fourth-order valence-corrected chi connectivity index (χ4v) is 4.85. The zero-order chi connectivity index (χ0) is 27.0. The molecule has 1 amide bonds. The lowest BCUT2D eigenvalue weighted by molar-refractivity contribution is -0.142. The van der Waals surface area contributed by atoms with Gasteiger partial charge in [0, 0.05) is 0 Å². The molecule has 3 rings (SSSR count). The van der Waals surface area contributed by atoms with E-state index >= 15 is 0 Å². The Hall–Kier alpha value is -4.18. The molecule has 0 aromatic heterocycles. The predicted octanol–water partition coefficient (Wildman–Crippen LogP) is 3.51. The summed E-state index contributed by atoms with van der Waals surface area (Å²) in [7, 11) is -2.74. The van der Waals surface area contributed by atoms with Gasteiger partial charge in [0.05, 0.1) is 23.9 Å². The van der Waals surface area contributed by atoms with Gasteiger partial charge in [-0.3, -0.25) is 9.10 Å². The van der Waals surface area contributed by atoms with Gasteiger partial charge in [-0.1, -0.05) is 23.8 Å². The maximum absolute atomic E-state index is 13.5. The number of hydrazone groups is 1. The fourth-order valence-electron chi connectivity index (χ4n) is 3.44. The van der Waals surface area contributed by atoms with Crippen LogP contribution in [0.25, 0.3) is 0 Å². The summed E-state index contributed by atoms with van der Waals surface area (Å²) in [5.41, 5.74) is 6.10. The molecule has 0 aliphatic rings. The van der Waals surface area contributed by atoms with Crippen molar-refractivity contribution in [3.63, 3.8) is 0 Å². The van der Waals surface area contributed by atoms with Crippen LogP contribution in [0.1, 0.15) is 22.3 Å². The molecule has 0 saturated heterocycles. The highest BCUT2D eigenvalue weighted by Gasteiger charge is 2.27. The van der Waals surface area contributed by atoms with Gasteiger partial charge in [0.25, 0.3) is 15.9 Å². The molecule has 0 heterocycles. The van der Waals surface area contributed by atoms with Crippen molar-refractivity contribution < 1.29 is 27.5 Å². The number of esters is 1. The number of ether oxygens (including phenoxy) is 2. The SMILES string of the molecule is COC(=O)COc1ccc(/C=N/NC(=O)CN(c2cc(C)cc(C)c2)S(=O)(=O)c2ccc(C)cc2)cc1. The van der Waals surface area contributed by atoms with Gasteiger partial charge in [-0.25, -0.2) is 18.6 Å². The standard InChI is InChI=1S/C27H29N3O6S/c1-19-5-11-25(12-6-19)37(33,34)30(23-14-20(2)13-21(3)15-23)17-26(31)29-28-16-22-7-9-24(10-8-22)36-18-27(32)35-4/h5-16H,17-18H2,1-4H3,(H,29,31)/b28-16+. The number of nitrogens with zero attached hydrogens (tertiary/aromatic N) is 2. The molecule has 0 fully saturated rings. The highest BCUT2D eigenvalue weighted by molar-refractivity contribution is 7.92. The highest BCUT2D eigenvalue weighted by Crippen LogP contribution is 2.26. The molecule has 10 heteroatoms. The summed E-state index contributed by atoms with van der Waals surface area (Å²) in [6.45, 7) is 4.93. The van der Waals surface area contributed by atoms with E-state index in [0.29, 0.717) is 17.0 Å². The van der Waals surface area contributed by atoms with Gasteiger partial charge in [-0.15, -0.1) is 0 Å². The van der Waals surface area contributed by atoms with Crippen molar-refractivity contribution in [3.05, 3.63) is 89.0 Å². The first-order chi connectivity index (χ1) is 17.6. The van der Waals surface area contributed by atoms with Crippen LogP contribution in [0.2, 0.25) is 0 Å². The second-order valence-electron chi connectivity index (χ2n) is 8.40. The van der Waals surface area contributed by atoms with E-state index in [2.05, 4.69) is 15.3 Å². The van der Waals surface area contributed by atoms with E-state index < -0.39 is 28.4 Å². The minimum Gasteiger partial charge on any atom is -0.482 e. The van der Waals surface area contributed by atoms with Crippen LogP contribution in [-0.4, -0.2) is 46.8 Å². The topological polar surface area (TPSA) is 114 Å². The van der Waals surface area contributed by atoms with Crippen molar-refractivity contribution in [3.8, 4) is 5.75 Å². The number of hydrogen-bond acceptors (Lipinski definition) is 7. The molecular weight excluding hydrogens is 494 g/mol. The van der Waals surface area contributed by atoms with Crippen molar-refractivity contribution in [1.82, 2.24) is 5.43 Å². The molecule has 0 aliphatic heterocycles. The Morgan fingerprint density at radius 1 is 0.919 bits per heavy atom. The second kappa shape index (κ2) is 12.2. The molecule has 3 aromatic carbocycles. The van der Waals surface area contributed by atoms with Gasteiger partial charge in [-0.05, 0) is 86.0 Å². The van der Waals surface area contributed by atoms with Gasteiger partial charge in [0.15, 0.2) is 6.61 Å². The number of carbonyl (C=O) groups excluding carboxylic acids is 2. The van der Waals surface area contributed by atoms with Crippen molar-refractivity contribution in [1.29, 1.82) is 0 Å². The second-order valence-corrected chi connectivity index (χ2v) is 10.3. The monoisotopic (exact) mass is 523 g/mol. The van der Waals surface area contributed by atoms with Crippen LogP contribution >= 0.6 is 0 Å². The van der Waals surface area contributed by atoms with Crippen LogP contribution in [0.15, 0.2) is 76.7 Å². The zero-order valence-electron chi connectivity index (χ0n) is 21.1. The van der Waals surface area contributed by atoms with Crippen LogP contribution in [-0.2, 0) is 24.3 Å². The smallest absolute Gasteiger partial charge is 0.343 e. The first kappa shape index (κ1) is 27.4. The molecule has 0 aliphatic carbocycles. The largest absolute Gasteiger partial charge is 0.482 e. The lowest BCUT2D eigenvalue weighted by Crippen LogP contribution is -2.39. The normalized spacial score (nSPS) is 11.2. The van der Waals surface area contributed by atoms with Crippen LogP contribution in [0.4, 0.5) is 5.69 Å². The summed E-state index contributed by atoms with van der Waals surface area (Å²) in [5.74, 6) is -0.631. The summed E-state index contributed by atoms with van der Waals surface area (Å²) in [6, 6.07) is 18.5. The molecule has 0 spiro atoms. The lowest BCUT2D eigenvalue weighted by atomic mass is 10.1. The number of aryl methyl sites for hydroxylation is 3. The number of carbonyl (C=O) groups is 2. The van der Waals surface area contributed by atoms with Gasteiger partial charge in [0.1, 0.15) is 12.3 Å². The number of rotatable bonds is 10. The Balaban J connectivity index is 1.74. The van der Waals surface area contributed by atoms with Crippen molar-refractivity contribution >= 4 is 33.8 Å². The van der Waals surface area contributed by atoms with Gasteiger partial charge >= 0.3 is 5.97 Å². The van der Waals surface area contributed by atoms with E-state index in [1.807, 2.05) is 26.8 Å². The third kappa shape index (κ3) is 7.65. The number of anilines is 1. The third-order valence-electron chi connectivity index (χ3n) is 5.26. The maximum atomic E-state index is 13.5. The molecule has 9 nitrogen and oxygen atoms in total. The number of amides is 1. The van der Waals surface area contributed by atoms with E-state index in [9.17, 15) is 18.0 Å². The summed E-state index contributed by atoms with van der Waals surface area (Å²) in [5, 5.41) is 3.95. The van der Waals surface area contributed by atoms with Crippen LogP contribution in [0, 0.1) is 20.8 Å². The van der Waals surface area contributed by atoms with Crippen molar-refractivity contribution in [2.24, 2.45) is 5.10 Å². The molecule has 37 heavy (non-hydrogen) atoms. The molecule has 194 valence electrons. The van der Waals surface area contributed by atoms with E-state index in [-0.39, 0.29) is 11.5 Å². The summed E-state index contributed by atoms with van der Waals surface area (Å²) >= 11 is 0. The molecule has 0 atom stereocenters. The Kier molecular flexibility index (Phi) is 9.02. The zero-order valence-corrected chi connectivity index (χ0v) is 21.9. The van der Waals surface area contributed by atoms with Crippen molar-refractivity contribution in [2.45, 2.75) is 25.7 Å². The van der Waals surface area contributed by atoms with E-state index in [0.717, 1.165) is 21.0 Å². The minimum atomic E-state index is -4.02. The molecule has 0 bridgehead atoms. The van der Waals surface area contributed by atoms with Crippen molar-refractivity contribution in [2.75, 3.05) is 24.6 Å². The molecule has 1 N–H and O–H groups in total. The maximum Gasteiger partial charge on any atom is 0.343 e. The first-order valence-corrected chi connectivity index (χ1v) is 12.8. The Labute approximate surface area is 216 Å². The number of nitrogens with one attached hydrogen (secondary N) is 1. The minimum absolute atomic E-state index is 0.0862. The van der Waals surface area contributed by atoms with Gasteiger partial charge < -0.3 is 9.47 Å². The average Bonchev–Trinajstić information content (AvgIpc) is 2.86. The molecule has 0 saturated carbocycles. The lowest BCUT2D eigenvalue weighted by Gasteiger charge is -2.24. The number of benzene rings is 3. The summed E-state index contributed by atoms with van der Waals surface area (Å²) in [6.07, 6.45) is 1.41. The summed E-state index contributed by atoms with van der Waals surface area (Å²) < 4.78 is 37.9. The average molecular weight is 524 g/mol. The number of hydrogen-bond donors (Lipinski definition) is 1. The third-order valence-corrected chi connectivity index (χ3v) is 7.05. The van der Waals surface area contributed by atoms with Crippen LogP contribution < -0.4 is 14.5 Å². The highest BCUT2D eigenvalue weighted by atomic mass is 32.2. The van der Waals surface area contributed by atoms with E-state index in [4.69, 9.17) is 4.74 Å².